The molecule has 4 aromatic carbocycles. The molecule has 3 aliphatic rings. The third kappa shape index (κ3) is 17.4. The molecule has 1 heterocycles. The largest absolute Gasteiger partial charge is 0.508 e. The van der Waals surface area contributed by atoms with E-state index in [-0.39, 0.29) is 87.2 Å². The number of carbonyl (C=O) groups is 4. The van der Waals surface area contributed by atoms with E-state index in [0.29, 0.717) is 88.2 Å². The molecule has 2 amide bonds. The van der Waals surface area contributed by atoms with E-state index in [4.69, 9.17) is 31.2 Å². The first kappa shape index (κ1) is 64.3. The van der Waals surface area contributed by atoms with Crippen molar-refractivity contribution in [2.24, 2.45) is 11.1 Å². The van der Waals surface area contributed by atoms with Gasteiger partial charge in [-0.2, -0.15) is 0 Å². The van der Waals surface area contributed by atoms with Crippen molar-refractivity contribution in [2.75, 3.05) is 55.9 Å². The van der Waals surface area contributed by atoms with E-state index in [2.05, 4.69) is 21.3 Å². The standard InChI is InChI=1S/C59H66F3N5O14S3/c1-35-11-18-44-47(30-35)81-48-34-41(69)17-20-45(48)51(44)43-19-14-39(33-46(43)59(73)74)66-50(82)10-7-23-65-58(72)37(31-36-12-15-40(68)16-13-36)32-42(70)21-25-79-27-28-80-26-24-64-49(71)22-29-83(75,76)57-53(61)52(60)56(84(63,77)78)54(62)55(57)67-38-8-5-3-2-4-6-9-38/h11-20,30,33-34,37-38,67-68H,2-10,21-29,31-32H2,1H3,(H,64,71)(H,65,72)(H,66,82)(H,73,74)(H2,63,77,78)/t37-/m1/s1. The number of hydrogen-bond donors (Lipinski definition) is 7. The Morgan fingerprint density at radius 3 is 2.15 bits per heavy atom. The second-order valence-electron chi connectivity index (χ2n) is 20.6. The number of benzene rings is 5. The van der Waals surface area contributed by atoms with Crippen molar-refractivity contribution < 1.29 is 73.3 Å². The number of carboxylic acids is 1. The van der Waals surface area contributed by atoms with Gasteiger partial charge in [0.15, 0.2) is 37.6 Å². The number of rotatable bonds is 28. The van der Waals surface area contributed by atoms with E-state index in [9.17, 15) is 51.0 Å². The third-order valence-corrected chi connectivity index (χ3v) is 17.1. The molecule has 0 unspecified atom stereocenters. The van der Waals surface area contributed by atoms with Gasteiger partial charge in [-0.1, -0.05) is 74.7 Å². The lowest BCUT2D eigenvalue weighted by Gasteiger charge is -2.25. The lowest BCUT2D eigenvalue weighted by Crippen LogP contribution is -2.34. The van der Waals surface area contributed by atoms with Gasteiger partial charge in [0.2, 0.25) is 21.8 Å². The first-order valence-corrected chi connectivity index (χ1v) is 31.0. The van der Waals surface area contributed by atoms with Crippen molar-refractivity contribution in [1.82, 2.24) is 10.6 Å². The van der Waals surface area contributed by atoms with Crippen molar-refractivity contribution in [3.8, 4) is 28.2 Å². The van der Waals surface area contributed by atoms with Crippen LogP contribution in [-0.4, -0.2) is 107 Å². The number of aryl methyl sites for hydroxylation is 1. The summed E-state index contributed by atoms with van der Waals surface area (Å²) in [4.78, 5) is 61.5. The number of sulfonamides is 1. The van der Waals surface area contributed by atoms with Crippen LogP contribution in [0.2, 0.25) is 0 Å². The summed E-state index contributed by atoms with van der Waals surface area (Å²) in [5.74, 6) is -10.5. The van der Waals surface area contributed by atoms with Crippen LogP contribution in [0, 0.1) is 30.3 Å². The molecule has 450 valence electrons. The molecule has 2 aliphatic carbocycles. The van der Waals surface area contributed by atoms with Crippen molar-refractivity contribution in [3.05, 3.63) is 123 Å². The molecule has 84 heavy (non-hydrogen) atoms. The first-order chi connectivity index (χ1) is 40.0. The number of nitrogens with one attached hydrogen (secondary N) is 4. The molecular formula is C59H66F3N5O14S3. The Labute approximate surface area is 489 Å². The quantitative estimate of drug-likeness (QED) is 0.0105. The smallest absolute Gasteiger partial charge is 0.336 e. The number of phenolic OH excluding ortho intramolecular Hbond substituents is 1. The number of carbonyl (C=O) groups excluding carboxylic acids is 3. The number of ketones is 1. The summed E-state index contributed by atoms with van der Waals surface area (Å²) >= 11 is 5.61. The van der Waals surface area contributed by atoms with E-state index < -0.39 is 88.8 Å². The molecule has 1 atom stereocenters. The Morgan fingerprint density at radius 1 is 0.774 bits per heavy atom. The number of carboxylic acid groups (broad SMARTS) is 1. The van der Waals surface area contributed by atoms with Gasteiger partial charge < -0.3 is 45.4 Å². The number of halogens is 3. The molecule has 4 aromatic rings. The predicted octanol–water partition coefficient (Wildman–Crippen LogP) is 8.72. The zero-order valence-electron chi connectivity index (χ0n) is 46.0. The van der Waals surface area contributed by atoms with Crippen LogP contribution < -0.4 is 31.8 Å². The van der Waals surface area contributed by atoms with Gasteiger partial charge in [-0.05, 0) is 98.2 Å². The Balaban J connectivity index is 0.834. The van der Waals surface area contributed by atoms with Crippen LogP contribution in [0.4, 0.5) is 24.5 Å². The van der Waals surface area contributed by atoms with Crippen LogP contribution in [0.3, 0.4) is 0 Å². The third-order valence-electron chi connectivity index (χ3n) is 14.1. The maximum atomic E-state index is 15.7. The number of hydrogen-bond acceptors (Lipinski definition) is 15. The minimum atomic E-state index is -5.17. The Kier molecular flexibility index (Phi) is 22.6. The van der Waals surface area contributed by atoms with Crippen LogP contribution in [0.1, 0.15) is 98.5 Å². The maximum Gasteiger partial charge on any atom is 0.336 e. The summed E-state index contributed by atoms with van der Waals surface area (Å²) in [7, 11) is -10.1. The average molecular weight is 1220 g/mol. The van der Waals surface area contributed by atoms with Gasteiger partial charge in [-0.15, -0.1) is 0 Å². The second-order valence-corrected chi connectivity index (χ2v) is 24.6. The highest BCUT2D eigenvalue weighted by molar-refractivity contribution is 7.91. The molecule has 0 radical (unpaired) electrons. The fourth-order valence-electron chi connectivity index (χ4n) is 9.95. The number of thiocarbonyl (C=S) groups is 1. The van der Waals surface area contributed by atoms with E-state index >= 15 is 13.2 Å². The Hall–Kier alpha value is -7.29. The molecular weight excluding hydrogens is 1160 g/mol. The van der Waals surface area contributed by atoms with Crippen molar-refractivity contribution in [2.45, 2.75) is 106 Å². The number of aromatic hydroxyl groups is 1. The number of nitrogens with two attached hydrogens (primary N) is 1. The minimum absolute atomic E-state index is 0.00154. The number of amides is 2. The zero-order valence-corrected chi connectivity index (χ0v) is 48.5. The van der Waals surface area contributed by atoms with Crippen LogP contribution in [-0.2, 0) is 50.1 Å². The molecule has 1 fully saturated rings. The van der Waals surface area contributed by atoms with E-state index in [1.54, 1.807) is 30.3 Å². The lowest BCUT2D eigenvalue weighted by molar-refractivity contribution is -0.130. The molecule has 0 spiro atoms. The predicted molar refractivity (Wildman–Crippen MR) is 313 cm³/mol. The Bertz CT molecular complexity index is 3650. The molecule has 0 bridgehead atoms. The second kappa shape index (κ2) is 29.5. The summed E-state index contributed by atoms with van der Waals surface area (Å²) in [6.45, 7) is 2.03. The Morgan fingerprint density at radius 2 is 1.45 bits per heavy atom. The molecule has 0 aromatic heterocycles. The topological polar surface area (TPSA) is 300 Å². The molecule has 19 nitrogen and oxygen atoms in total. The summed E-state index contributed by atoms with van der Waals surface area (Å²) in [5, 5.41) is 36.9. The van der Waals surface area contributed by atoms with E-state index in [1.807, 2.05) is 25.1 Å². The summed E-state index contributed by atoms with van der Waals surface area (Å²) in [6, 6.07) is 20.5. The SMILES string of the molecule is Cc1ccc2c(-c3ccc(NC(=S)CCCNC(=O)[C@@H](CC(=O)CCOCCOCCNC(=O)CCS(=O)(=O)c4c(F)c(F)c(S(N)(=O)=O)c(F)c4NC4CCCCCCC4)Cc4ccc(O)cc4)cc3C(=O)O)c3ccc(=O)cc-3oc2c1. The van der Waals surface area contributed by atoms with Gasteiger partial charge >= 0.3 is 5.97 Å². The number of Topliss-reactive ketones (excluding diaryl/α,β-unsaturated/α-hetero) is 1. The van der Waals surface area contributed by atoms with Gasteiger partial charge in [-0.25, -0.2) is 39.9 Å². The number of sulfone groups is 1. The molecule has 7 rings (SSSR count). The van der Waals surface area contributed by atoms with E-state index in [0.717, 1.165) is 24.8 Å². The molecule has 25 heteroatoms. The number of primary sulfonamides is 1. The molecule has 1 aliphatic heterocycles. The highest BCUT2D eigenvalue weighted by Gasteiger charge is 2.37. The number of aromatic carboxylic acids is 1. The number of phenols is 1. The van der Waals surface area contributed by atoms with Gasteiger partial charge in [-0.3, -0.25) is 19.2 Å². The number of anilines is 2. The van der Waals surface area contributed by atoms with E-state index in [1.165, 1.54) is 30.3 Å². The van der Waals surface area contributed by atoms with Gasteiger partial charge in [0.25, 0.3) is 0 Å². The van der Waals surface area contributed by atoms with Gasteiger partial charge in [0.1, 0.15) is 27.8 Å². The fraction of sp³-hybridized carbons (Fsp3) is 0.390. The van der Waals surface area contributed by atoms with Crippen LogP contribution >= 0.6 is 12.2 Å². The summed E-state index contributed by atoms with van der Waals surface area (Å²) in [6.07, 6.45) is 4.82. The van der Waals surface area contributed by atoms with Crippen LogP contribution in [0.15, 0.2) is 97.9 Å². The normalized spacial score (nSPS) is 13.7. The van der Waals surface area contributed by atoms with Crippen LogP contribution in [0.5, 0.6) is 5.75 Å². The molecule has 0 saturated heterocycles. The van der Waals surface area contributed by atoms with Crippen molar-refractivity contribution in [3.63, 3.8) is 0 Å². The van der Waals surface area contributed by atoms with Gasteiger partial charge in [0.05, 0.1) is 48.4 Å². The van der Waals surface area contributed by atoms with Crippen LogP contribution in [0.25, 0.3) is 33.4 Å². The number of ether oxygens (including phenoxy) is 2. The average Bonchev–Trinajstić information content (AvgIpc) is 0.980. The molecule has 1 saturated carbocycles. The zero-order chi connectivity index (χ0) is 60.7. The number of fused-ring (bicyclic) bond motifs is 2. The summed E-state index contributed by atoms with van der Waals surface area (Å²) < 4.78 is 114. The maximum absolute atomic E-state index is 15.7. The monoisotopic (exact) mass is 1220 g/mol. The highest BCUT2D eigenvalue weighted by atomic mass is 32.2. The van der Waals surface area contributed by atoms with Crippen molar-refractivity contribution >= 4 is 83.0 Å². The minimum Gasteiger partial charge on any atom is -0.508 e. The lowest BCUT2D eigenvalue weighted by atomic mass is 9.90. The van der Waals surface area contributed by atoms with Crippen molar-refractivity contribution in [1.29, 1.82) is 0 Å². The highest BCUT2D eigenvalue weighted by Crippen LogP contribution is 2.42. The molecule has 8 N–H and O–H groups in total. The van der Waals surface area contributed by atoms with Gasteiger partial charge in [0, 0.05) is 72.6 Å². The summed E-state index contributed by atoms with van der Waals surface area (Å²) in [5.41, 5.74) is 2.79. The first-order valence-electron chi connectivity index (χ1n) is 27.4. The fourth-order valence-corrected chi connectivity index (χ4v) is 12.4.